The summed E-state index contributed by atoms with van der Waals surface area (Å²) in [5.41, 5.74) is 8.50. The molecule has 0 atom stereocenters. The minimum atomic E-state index is 0.333. The van der Waals surface area contributed by atoms with Crippen molar-refractivity contribution in [3.05, 3.63) is 42.2 Å². The highest BCUT2D eigenvalue weighted by Gasteiger charge is 2.12. The quantitative estimate of drug-likeness (QED) is 0.777. The van der Waals surface area contributed by atoms with Crippen molar-refractivity contribution in [1.29, 1.82) is 5.41 Å². The molecule has 0 unspecified atom stereocenters. The van der Waals surface area contributed by atoms with Crippen molar-refractivity contribution in [3.63, 3.8) is 0 Å². The summed E-state index contributed by atoms with van der Waals surface area (Å²) in [4.78, 5) is 0. The first kappa shape index (κ1) is 11.5. The van der Waals surface area contributed by atoms with Crippen LogP contribution in [0.4, 0.5) is 0 Å². The summed E-state index contributed by atoms with van der Waals surface area (Å²) in [6, 6.07) is 10.6. The van der Waals surface area contributed by atoms with Gasteiger partial charge in [-0.25, -0.2) is 0 Å². The van der Waals surface area contributed by atoms with Gasteiger partial charge < -0.3 is 15.7 Å². The molecule has 2 rings (SSSR count). The Labute approximate surface area is 101 Å². The predicted molar refractivity (Wildman–Crippen MR) is 73.3 cm³/mol. The predicted octanol–water partition coefficient (Wildman–Crippen LogP) is 3.17. The van der Waals surface area contributed by atoms with Crippen molar-refractivity contribution in [2.45, 2.75) is 19.9 Å². The van der Waals surface area contributed by atoms with Gasteiger partial charge >= 0.3 is 0 Å². The number of benzene rings is 1. The third-order valence-corrected chi connectivity index (χ3v) is 2.90. The van der Waals surface area contributed by atoms with E-state index >= 15 is 0 Å². The number of rotatable bonds is 3. The standard InChI is InChI=1S/C14H17N3/c1-10(2)17-13-6-4-3-5-11(13)7-14(17)12(8-15)9-16/h3-10,15H,16H2,1-2H3. The largest absolute Gasteiger partial charge is 0.404 e. The molecule has 88 valence electrons. The maximum absolute atomic E-state index is 7.42. The zero-order valence-corrected chi connectivity index (χ0v) is 10.1. The Morgan fingerprint density at radius 3 is 2.65 bits per heavy atom. The van der Waals surface area contributed by atoms with Crippen LogP contribution in [0.1, 0.15) is 25.6 Å². The lowest BCUT2D eigenvalue weighted by molar-refractivity contribution is 0.617. The zero-order valence-electron chi connectivity index (χ0n) is 10.1. The minimum absolute atomic E-state index is 0.333. The van der Waals surface area contributed by atoms with Crippen LogP contribution in [0.15, 0.2) is 36.5 Å². The Kier molecular flexibility index (Phi) is 3.00. The molecule has 0 fully saturated rings. The molecule has 0 radical (unpaired) electrons. The van der Waals surface area contributed by atoms with E-state index < -0.39 is 0 Å². The molecule has 1 aromatic heterocycles. The lowest BCUT2D eigenvalue weighted by Gasteiger charge is -2.14. The Hall–Kier alpha value is -2.03. The van der Waals surface area contributed by atoms with Gasteiger partial charge in [0.25, 0.3) is 0 Å². The van der Waals surface area contributed by atoms with Gasteiger partial charge in [0.2, 0.25) is 0 Å². The van der Waals surface area contributed by atoms with Crippen LogP contribution in [0.2, 0.25) is 0 Å². The van der Waals surface area contributed by atoms with E-state index in [0.29, 0.717) is 6.04 Å². The van der Waals surface area contributed by atoms with E-state index in [0.717, 1.165) is 11.3 Å². The van der Waals surface area contributed by atoms with Crippen molar-refractivity contribution in [1.82, 2.24) is 4.57 Å². The number of hydrogen-bond donors (Lipinski definition) is 2. The van der Waals surface area contributed by atoms with Crippen molar-refractivity contribution in [2.75, 3.05) is 0 Å². The minimum Gasteiger partial charge on any atom is -0.404 e. The fraction of sp³-hybridized carbons (Fsp3) is 0.214. The number of allylic oxidation sites excluding steroid dienone is 1. The van der Waals surface area contributed by atoms with Gasteiger partial charge in [0.05, 0.1) is 5.69 Å². The molecule has 0 spiro atoms. The van der Waals surface area contributed by atoms with Crippen molar-refractivity contribution in [3.8, 4) is 0 Å². The highest BCUT2D eigenvalue weighted by atomic mass is 15.0. The van der Waals surface area contributed by atoms with Crippen molar-refractivity contribution < 1.29 is 0 Å². The molecule has 2 aromatic rings. The van der Waals surface area contributed by atoms with Crippen molar-refractivity contribution >= 4 is 22.7 Å². The summed E-state index contributed by atoms with van der Waals surface area (Å²) in [5, 5.41) is 8.60. The lowest BCUT2D eigenvalue weighted by atomic mass is 10.2. The van der Waals surface area contributed by atoms with Crippen LogP contribution in [0.25, 0.3) is 16.5 Å². The lowest BCUT2D eigenvalue weighted by Crippen LogP contribution is -2.06. The molecule has 0 bridgehead atoms. The van der Waals surface area contributed by atoms with E-state index in [4.69, 9.17) is 11.1 Å². The van der Waals surface area contributed by atoms with Gasteiger partial charge in [-0.3, -0.25) is 0 Å². The molecule has 3 heteroatoms. The number of fused-ring (bicyclic) bond motifs is 1. The summed E-state index contributed by atoms with van der Waals surface area (Å²) in [6.45, 7) is 4.27. The number of para-hydroxylation sites is 1. The van der Waals surface area contributed by atoms with E-state index in [-0.39, 0.29) is 0 Å². The number of nitrogens with zero attached hydrogens (tertiary/aromatic N) is 1. The van der Waals surface area contributed by atoms with Gasteiger partial charge in [-0.2, -0.15) is 0 Å². The van der Waals surface area contributed by atoms with Gasteiger partial charge in [-0.1, -0.05) is 18.2 Å². The molecule has 0 saturated carbocycles. The second-order valence-corrected chi connectivity index (χ2v) is 4.32. The zero-order chi connectivity index (χ0) is 12.4. The second-order valence-electron chi connectivity index (χ2n) is 4.32. The third kappa shape index (κ3) is 1.84. The first-order valence-electron chi connectivity index (χ1n) is 5.71. The maximum atomic E-state index is 7.42. The SMILES string of the molecule is CC(C)n1c(C(C=N)=CN)cc2ccccc21. The van der Waals surface area contributed by atoms with Crippen LogP contribution in [0.5, 0.6) is 0 Å². The van der Waals surface area contributed by atoms with E-state index in [1.54, 1.807) is 0 Å². The Balaban J connectivity index is 2.78. The van der Waals surface area contributed by atoms with E-state index in [1.807, 2.05) is 12.1 Å². The van der Waals surface area contributed by atoms with Gasteiger partial charge in [0.1, 0.15) is 0 Å². The van der Waals surface area contributed by atoms with Gasteiger partial charge in [-0.05, 0) is 26.0 Å². The number of nitrogens with two attached hydrogens (primary N) is 1. The van der Waals surface area contributed by atoms with Crippen LogP contribution in [-0.4, -0.2) is 10.8 Å². The molecular formula is C14H17N3. The first-order chi connectivity index (χ1) is 8.19. The smallest absolute Gasteiger partial charge is 0.0523 e. The molecule has 1 aromatic carbocycles. The number of hydrogen-bond acceptors (Lipinski definition) is 2. The molecular weight excluding hydrogens is 210 g/mol. The summed E-state index contributed by atoms with van der Waals surface area (Å²) in [5.74, 6) is 0. The monoisotopic (exact) mass is 227 g/mol. The molecule has 0 aliphatic heterocycles. The van der Waals surface area contributed by atoms with Crippen LogP contribution >= 0.6 is 0 Å². The molecule has 0 aliphatic rings. The maximum Gasteiger partial charge on any atom is 0.0523 e. The Bertz CT molecular complexity index is 576. The van der Waals surface area contributed by atoms with Gasteiger partial charge in [-0.15, -0.1) is 0 Å². The number of nitrogens with one attached hydrogen (secondary N) is 1. The molecule has 1 heterocycles. The summed E-state index contributed by atoms with van der Waals surface area (Å²) in [7, 11) is 0. The fourth-order valence-corrected chi connectivity index (χ4v) is 2.16. The van der Waals surface area contributed by atoms with Gasteiger partial charge in [0.15, 0.2) is 0 Å². The third-order valence-electron chi connectivity index (χ3n) is 2.90. The average molecular weight is 227 g/mol. The normalized spacial score (nSPS) is 12.3. The summed E-state index contributed by atoms with van der Waals surface area (Å²) < 4.78 is 2.21. The number of aromatic nitrogens is 1. The van der Waals surface area contributed by atoms with E-state index in [2.05, 4.69) is 36.6 Å². The molecule has 0 amide bonds. The highest BCUT2D eigenvalue weighted by Crippen LogP contribution is 2.27. The van der Waals surface area contributed by atoms with E-state index in [9.17, 15) is 0 Å². The van der Waals surface area contributed by atoms with Crippen molar-refractivity contribution in [2.24, 2.45) is 5.73 Å². The summed E-state index contributed by atoms with van der Waals surface area (Å²) in [6.07, 6.45) is 2.78. The molecule has 3 nitrogen and oxygen atoms in total. The molecule has 3 N–H and O–H groups in total. The van der Waals surface area contributed by atoms with Crippen LogP contribution in [0.3, 0.4) is 0 Å². The van der Waals surface area contributed by atoms with E-state index in [1.165, 1.54) is 23.3 Å². The fourth-order valence-electron chi connectivity index (χ4n) is 2.16. The van der Waals surface area contributed by atoms with Crippen LogP contribution in [0, 0.1) is 5.41 Å². The Morgan fingerprint density at radius 2 is 2.06 bits per heavy atom. The van der Waals surface area contributed by atoms with Gasteiger partial charge in [0, 0.05) is 34.9 Å². The Morgan fingerprint density at radius 1 is 1.35 bits per heavy atom. The molecule has 17 heavy (non-hydrogen) atoms. The highest BCUT2D eigenvalue weighted by molar-refractivity contribution is 6.09. The van der Waals surface area contributed by atoms with Crippen LogP contribution in [-0.2, 0) is 0 Å². The first-order valence-corrected chi connectivity index (χ1v) is 5.71. The summed E-state index contributed by atoms with van der Waals surface area (Å²) >= 11 is 0. The topological polar surface area (TPSA) is 54.8 Å². The van der Waals surface area contributed by atoms with Crippen LogP contribution < -0.4 is 5.73 Å². The average Bonchev–Trinajstić information content (AvgIpc) is 2.69. The molecule has 0 aliphatic carbocycles. The second kappa shape index (κ2) is 4.45. The molecule has 0 saturated heterocycles.